The maximum absolute atomic E-state index is 13.2. The van der Waals surface area contributed by atoms with Crippen LogP contribution in [0.1, 0.15) is 15.9 Å². The van der Waals surface area contributed by atoms with Gasteiger partial charge in [-0.2, -0.15) is 0 Å². The molecule has 1 N–H and O–H groups in total. The molecule has 4 heteroatoms. The summed E-state index contributed by atoms with van der Waals surface area (Å²) in [7, 11) is 0. The summed E-state index contributed by atoms with van der Waals surface area (Å²) in [5, 5.41) is 9.31. The summed E-state index contributed by atoms with van der Waals surface area (Å²) in [6.07, 6.45) is 0.129. The van der Waals surface area contributed by atoms with E-state index in [1.165, 1.54) is 24.3 Å². The van der Waals surface area contributed by atoms with Crippen LogP contribution in [0.15, 0.2) is 46.9 Å². The third-order valence-corrected chi connectivity index (χ3v) is 2.92. The van der Waals surface area contributed by atoms with Crippen LogP contribution in [0, 0.1) is 5.82 Å². The highest BCUT2D eigenvalue weighted by Crippen LogP contribution is 2.18. The Balaban J connectivity index is 2.22. The second-order valence-corrected chi connectivity index (χ2v) is 4.84. The van der Waals surface area contributed by atoms with E-state index in [-0.39, 0.29) is 18.0 Å². The lowest BCUT2D eigenvalue weighted by molar-refractivity contribution is 0.0992. The first kappa shape index (κ1) is 12.8. The van der Waals surface area contributed by atoms with Crippen LogP contribution in [0.4, 0.5) is 4.39 Å². The molecule has 18 heavy (non-hydrogen) atoms. The van der Waals surface area contributed by atoms with Gasteiger partial charge in [-0.1, -0.05) is 28.1 Å². The van der Waals surface area contributed by atoms with Crippen molar-refractivity contribution in [2.24, 2.45) is 0 Å². The van der Waals surface area contributed by atoms with Crippen LogP contribution in [-0.4, -0.2) is 10.9 Å². The first-order chi connectivity index (χ1) is 8.54. The highest BCUT2D eigenvalue weighted by molar-refractivity contribution is 9.10. The number of phenols is 1. The average Bonchev–Trinajstić information content (AvgIpc) is 2.27. The molecule has 0 aliphatic carbocycles. The Morgan fingerprint density at radius 1 is 1.22 bits per heavy atom. The van der Waals surface area contributed by atoms with Gasteiger partial charge in [-0.25, -0.2) is 4.39 Å². The van der Waals surface area contributed by atoms with Gasteiger partial charge in [-0.15, -0.1) is 0 Å². The zero-order valence-corrected chi connectivity index (χ0v) is 10.9. The quantitative estimate of drug-likeness (QED) is 0.877. The van der Waals surface area contributed by atoms with Crippen molar-refractivity contribution in [3.8, 4) is 5.75 Å². The molecule has 0 heterocycles. The average molecular weight is 309 g/mol. The second kappa shape index (κ2) is 5.31. The van der Waals surface area contributed by atoms with E-state index in [1.54, 1.807) is 18.2 Å². The summed E-state index contributed by atoms with van der Waals surface area (Å²) in [4.78, 5) is 12.0. The molecule has 0 aliphatic rings. The number of rotatable bonds is 3. The minimum atomic E-state index is -0.455. The van der Waals surface area contributed by atoms with E-state index in [0.717, 1.165) is 0 Å². The monoisotopic (exact) mass is 308 g/mol. The summed E-state index contributed by atoms with van der Waals surface area (Å²) >= 11 is 3.15. The Bertz CT molecular complexity index is 576. The Labute approximate surface area is 112 Å². The lowest BCUT2D eigenvalue weighted by Gasteiger charge is -2.03. The molecule has 0 atom stereocenters. The molecule has 0 saturated carbocycles. The number of Topliss-reactive ketones (excluding diaryl/α,β-unsaturated/α-hetero) is 1. The zero-order chi connectivity index (χ0) is 13.1. The summed E-state index contributed by atoms with van der Waals surface area (Å²) < 4.78 is 13.7. The van der Waals surface area contributed by atoms with Gasteiger partial charge in [0.15, 0.2) is 5.78 Å². The summed E-state index contributed by atoms with van der Waals surface area (Å²) in [5.74, 6) is -0.537. The van der Waals surface area contributed by atoms with Crippen LogP contribution < -0.4 is 0 Å². The van der Waals surface area contributed by atoms with Crippen molar-refractivity contribution in [3.05, 3.63) is 63.9 Å². The molecule has 0 aromatic heterocycles. The standard InChI is InChI=1S/C14H10BrFO2/c15-11-6-10(7-12(16)8-11)14(18)5-9-2-1-3-13(17)4-9/h1-4,6-8,17H,5H2. The van der Waals surface area contributed by atoms with Crippen molar-refractivity contribution in [2.75, 3.05) is 0 Å². The second-order valence-electron chi connectivity index (χ2n) is 3.93. The normalized spacial score (nSPS) is 10.3. The van der Waals surface area contributed by atoms with Crippen LogP contribution in [0.5, 0.6) is 5.75 Å². The van der Waals surface area contributed by atoms with E-state index in [1.807, 2.05) is 0 Å². The summed E-state index contributed by atoms with van der Waals surface area (Å²) in [6.45, 7) is 0. The van der Waals surface area contributed by atoms with E-state index < -0.39 is 5.82 Å². The number of benzene rings is 2. The summed E-state index contributed by atoms with van der Waals surface area (Å²) in [5.41, 5.74) is 1.01. The van der Waals surface area contributed by atoms with E-state index >= 15 is 0 Å². The van der Waals surface area contributed by atoms with Crippen LogP contribution in [0.2, 0.25) is 0 Å². The van der Waals surface area contributed by atoms with Gasteiger partial charge in [0, 0.05) is 16.5 Å². The molecule has 92 valence electrons. The van der Waals surface area contributed by atoms with Gasteiger partial charge in [-0.3, -0.25) is 4.79 Å². The van der Waals surface area contributed by atoms with Crippen molar-refractivity contribution in [3.63, 3.8) is 0 Å². The maximum atomic E-state index is 13.2. The van der Waals surface area contributed by atoms with E-state index in [2.05, 4.69) is 15.9 Å². The van der Waals surface area contributed by atoms with Gasteiger partial charge < -0.3 is 5.11 Å². The van der Waals surface area contributed by atoms with Crippen molar-refractivity contribution in [2.45, 2.75) is 6.42 Å². The fourth-order valence-electron chi connectivity index (χ4n) is 1.67. The Hall–Kier alpha value is -1.68. The lowest BCUT2D eigenvalue weighted by Crippen LogP contribution is -2.04. The third kappa shape index (κ3) is 3.17. The van der Waals surface area contributed by atoms with Gasteiger partial charge in [-0.05, 0) is 35.9 Å². The fourth-order valence-corrected chi connectivity index (χ4v) is 2.13. The molecule has 2 aromatic carbocycles. The topological polar surface area (TPSA) is 37.3 Å². The Morgan fingerprint density at radius 2 is 2.00 bits per heavy atom. The summed E-state index contributed by atoms with van der Waals surface area (Å²) in [6, 6.07) is 10.5. The molecule has 0 amide bonds. The molecule has 0 radical (unpaired) electrons. The first-order valence-electron chi connectivity index (χ1n) is 5.32. The predicted molar refractivity (Wildman–Crippen MR) is 70.2 cm³/mol. The SMILES string of the molecule is O=C(Cc1cccc(O)c1)c1cc(F)cc(Br)c1. The molecule has 0 aliphatic heterocycles. The van der Waals surface area contributed by atoms with Crippen LogP contribution >= 0.6 is 15.9 Å². The fraction of sp³-hybridized carbons (Fsp3) is 0.0714. The number of hydrogen-bond donors (Lipinski definition) is 1. The molecular weight excluding hydrogens is 299 g/mol. The maximum Gasteiger partial charge on any atom is 0.167 e. The van der Waals surface area contributed by atoms with Crippen LogP contribution in [0.25, 0.3) is 0 Å². The first-order valence-corrected chi connectivity index (χ1v) is 6.11. The number of aromatic hydroxyl groups is 1. The number of carbonyl (C=O) groups excluding carboxylic acids is 1. The van der Waals surface area contributed by atoms with Crippen molar-refractivity contribution >= 4 is 21.7 Å². The minimum absolute atomic E-state index is 0.112. The highest BCUT2D eigenvalue weighted by atomic mass is 79.9. The lowest BCUT2D eigenvalue weighted by atomic mass is 10.0. The van der Waals surface area contributed by atoms with Crippen molar-refractivity contribution in [1.82, 2.24) is 0 Å². The molecule has 2 nitrogen and oxygen atoms in total. The van der Waals surface area contributed by atoms with Crippen LogP contribution in [0.3, 0.4) is 0 Å². The molecule has 2 aromatic rings. The Morgan fingerprint density at radius 3 is 2.67 bits per heavy atom. The number of hydrogen-bond acceptors (Lipinski definition) is 2. The van der Waals surface area contributed by atoms with Gasteiger partial charge >= 0.3 is 0 Å². The number of phenolic OH excluding ortho intramolecular Hbond substituents is 1. The van der Waals surface area contributed by atoms with Crippen molar-refractivity contribution in [1.29, 1.82) is 0 Å². The minimum Gasteiger partial charge on any atom is -0.508 e. The number of halogens is 2. The van der Waals surface area contributed by atoms with Gasteiger partial charge in [0.1, 0.15) is 11.6 Å². The number of ketones is 1. The highest BCUT2D eigenvalue weighted by Gasteiger charge is 2.09. The zero-order valence-electron chi connectivity index (χ0n) is 9.36. The molecule has 2 rings (SSSR count). The van der Waals surface area contributed by atoms with E-state index in [4.69, 9.17) is 0 Å². The molecule has 0 bridgehead atoms. The van der Waals surface area contributed by atoms with Crippen LogP contribution in [-0.2, 0) is 6.42 Å². The number of carbonyl (C=O) groups is 1. The molecule has 0 fully saturated rings. The Kier molecular flexibility index (Phi) is 3.77. The molecule has 0 spiro atoms. The van der Waals surface area contributed by atoms with E-state index in [9.17, 15) is 14.3 Å². The molecule has 0 unspecified atom stereocenters. The van der Waals surface area contributed by atoms with Gasteiger partial charge in [0.25, 0.3) is 0 Å². The largest absolute Gasteiger partial charge is 0.508 e. The van der Waals surface area contributed by atoms with Gasteiger partial charge in [0.2, 0.25) is 0 Å². The third-order valence-electron chi connectivity index (χ3n) is 2.46. The van der Waals surface area contributed by atoms with E-state index in [0.29, 0.717) is 15.6 Å². The van der Waals surface area contributed by atoms with Crippen molar-refractivity contribution < 1.29 is 14.3 Å². The molecular formula is C14H10BrFO2. The van der Waals surface area contributed by atoms with Gasteiger partial charge in [0.05, 0.1) is 0 Å². The predicted octanol–water partition coefficient (Wildman–Crippen LogP) is 3.72. The smallest absolute Gasteiger partial charge is 0.167 e. The molecule has 0 saturated heterocycles.